The van der Waals surface area contributed by atoms with Crippen LogP contribution in [0.5, 0.6) is 6.01 Å². The largest absolute Gasteiger partial charge is 0.463 e. The number of nitrogens with one attached hydrogen (secondary N) is 2. The van der Waals surface area contributed by atoms with E-state index in [1.54, 1.807) is 7.05 Å². The Balaban J connectivity index is 2.86. The number of ether oxygens (including phenoxy) is 1. The third-order valence-corrected chi connectivity index (χ3v) is 2.83. The summed E-state index contributed by atoms with van der Waals surface area (Å²) in [5.41, 5.74) is 0. The molecule has 1 heterocycles. The number of aliphatic hydroxyl groups excluding tert-OH is 1. The lowest BCUT2D eigenvalue weighted by Gasteiger charge is -2.21. The summed E-state index contributed by atoms with van der Waals surface area (Å²) >= 11 is 0. The van der Waals surface area contributed by atoms with E-state index < -0.39 is 0 Å². The van der Waals surface area contributed by atoms with E-state index in [4.69, 9.17) is 9.84 Å². The molecule has 0 saturated heterocycles. The first-order valence-electron chi connectivity index (χ1n) is 7.04. The molecule has 0 aliphatic rings. The smallest absolute Gasteiger partial charge is 0.323 e. The number of aromatic nitrogens is 3. The zero-order valence-electron chi connectivity index (χ0n) is 12.7. The van der Waals surface area contributed by atoms with Crippen LogP contribution in [0.1, 0.15) is 33.6 Å². The summed E-state index contributed by atoms with van der Waals surface area (Å²) in [4.78, 5) is 12.6. The molecule has 7 nitrogen and oxygen atoms in total. The van der Waals surface area contributed by atoms with Gasteiger partial charge in [0.2, 0.25) is 11.9 Å². The first kappa shape index (κ1) is 16.4. The van der Waals surface area contributed by atoms with Gasteiger partial charge in [-0.2, -0.15) is 15.0 Å². The van der Waals surface area contributed by atoms with Gasteiger partial charge >= 0.3 is 6.01 Å². The first-order chi connectivity index (χ1) is 9.60. The van der Waals surface area contributed by atoms with Gasteiger partial charge in [-0.1, -0.05) is 20.8 Å². The van der Waals surface area contributed by atoms with Crippen LogP contribution in [0.4, 0.5) is 11.9 Å². The maximum atomic E-state index is 9.10. The van der Waals surface area contributed by atoms with Gasteiger partial charge in [0.05, 0.1) is 6.61 Å². The number of hydrogen-bond acceptors (Lipinski definition) is 7. The van der Waals surface area contributed by atoms with Gasteiger partial charge in [-0.25, -0.2) is 0 Å². The highest BCUT2D eigenvalue weighted by Crippen LogP contribution is 2.15. The Morgan fingerprint density at radius 1 is 1.20 bits per heavy atom. The molecule has 20 heavy (non-hydrogen) atoms. The van der Waals surface area contributed by atoms with Crippen LogP contribution >= 0.6 is 0 Å². The van der Waals surface area contributed by atoms with Crippen LogP contribution in [0.25, 0.3) is 0 Å². The van der Waals surface area contributed by atoms with Crippen molar-refractivity contribution in [2.45, 2.75) is 39.7 Å². The van der Waals surface area contributed by atoms with Crippen LogP contribution in [0.15, 0.2) is 0 Å². The van der Waals surface area contributed by atoms with E-state index in [0.29, 0.717) is 36.9 Å². The van der Waals surface area contributed by atoms with Crippen LogP contribution in [0, 0.1) is 5.92 Å². The second kappa shape index (κ2) is 8.52. The molecule has 1 rings (SSSR count). The van der Waals surface area contributed by atoms with Gasteiger partial charge in [0.1, 0.15) is 0 Å². The summed E-state index contributed by atoms with van der Waals surface area (Å²) in [6, 6.07) is 0.409. The predicted octanol–water partition coefficient (Wildman–Crippen LogP) is 1.52. The standard InChI is InChI=1S/C13H25N5O2/c1-5-8-20-13-17-11(14-4)16-12(18-13)15-10(6-7-19)9(2)3/h9-10,19H,5-8H2,1-4H3,(H2,14,15,16,17,18). The number of aliphatic hydroxyl groups is 1. The van der Waals surface area contributed by atoms with E-state index in [9.17, 15) is 0 Å². The predicted molar refractivity (Wildman–Crippen MR) is 79.1 cm³/mol. The Bertz CT molecular complexity index is 400. The highest BCUT2D eigenvalue weighted by Gasteiger charge is 2.15. The van der Waals surface area contributed by atoms with Gasteiger partial charge in [0, 0.05) is 19.7 Å². The van der Waals surface area contributed by atoms with Crippen molar-refractivity contribution in [1.29, 1.82) is 0 Å². The van der Waals surface area contributed by atoms with E-state index >= 15 is 0 Å². The van der Waals surface area contributed by atoms with Crippen LogP contribution in [-0.2, 0) is 0 Å². The van der Waals surface area contributed by atoms with Gasteiger partial charge in [-0.15, -0.1) is 0 Å². The normalized spacial score (nSPS) is 12.3. The van der Waals surface area contributed by atoms with E-state index in [2.05, 4.69) is 39.4 Å². The molecule has 1 unspecified atom stereocenters. The van der Waals surface area contributed by atoms with Gasteiger partial charge < -0.3 is 20.5 Å². The maximum Gasteiger partial charge on any atom is 0.323 e. The van der Waals surface area contributed by atoms with Crippen molar-refractivity contribution in [1.82, 2.24) is 15.0 Å². The minimum absolute atomic E-state index is 0.103. The fraction of sp³-hybridized carbons (Fsp3) is 0.769. The number of nitrogens with zero attached hydrogens (tertiary/aromatic N) is 3. The molecule has 0 bridgehead atoms. The van der Waals surface area contributed by atoms with Gasteiger partial charge in [-0.05, 0) is 18.8 Å². The number of rotatable bonds is 9. The van der Waals surface area contributed by atoms with E-state index in [-0.39, 0.29) is 12.6 Å². The molecule has 0 aliphatic heterocycles. The summed E-state index contributed by atoms with van der Waals surface area (Å²) < 4.78 is 5.45. The van der Waals surface area contributed by atoms with Gasteiger partial charge in [0.25, 0.3) is 0 Å². The lowest BCUT2D eigenvalue weighted by molar-refractivity contribution is 0.267. The van der Waals surface area contributed by atoms with E-state index in [1.165, 1.54) is 0 Å². The molecule has 1 atom stereocenters. The number of anilines is 2. The van der Waals surface area contributed by atoms with Gasteiger partial charge in [-0.3, -0.25) is 0 Å². The molecular weight excluding hydrogens is 258 g/mol. The average Bonchev–Trinajstić information content (AvgIpc) is 2.44. The van der Waals surface area contributed by atoms with Crippen LogP contribution < -0.4 is 15.4 Å². The molecule has 0 amide bonds. The Labute approximate surface area is 120 Å². The third-order valence-electron chi connectivity index (χ3n) is 2.83. The van der Waals surface area contributed by atoms with Crippen molar-refractivity contribution in [3.63, 3.8) is 0 Å². The Morgan fingerprint density at radius 3 is 2.45 bits per heavy atom. The fourth-order valence-corrected chi connectivity index (χ4v) is 1.67. The highest BCUT2D eigenvalue weighted by molar-refractivity contribution is 5.36. The summed E-state index contributed by atoms with van der Waals surface area (Å²) in [5, 5.41) is 15.2. The lowest BCUT2D eigenvalue weighted by Crippen LogP contribution is -2.28. The van der Waals surface area contributed by atoms with Crippen molar-refractivity contribution in [2.75, 3.05) is 30.9 Å². The number of hydrogen-bond donors (Lipinski definition) is 3. The van der Waals surface area contributed by atoms with E-state index in [0.717, 1.165) is 6.42 Å². The molecule has 0 saturated carbocycles. The fourth-order valence-electron chi connectivity index (χ4n) is 1.67. The molecular formula is C13H25N5O2. The second-order valence-corrected chi connectivity index (χ2v) is 4.87. The van der Waals surface area contributed by atoms with Crippen molar-refractivity contribution in [3.05, 3.63) is 0 Å². The van der Waals surface area contributed by atoms with Crippen LogP contribution in [0.2, 0.25) is 0 Å². The molecule has 0 fully saturated rings. The molecule has 1 aromatic heterocycles. The second-order valence-electron chi connectivity index (χ2n) is 4.87. The van der Waals surface area contributed by atoms with E-state index in [1.807, 2.05) is 6.92 Å². The summed E-state index contributed by atoms with van der Waals surface area (Å²) in [5.74, 6) is 1.28. The minimum Gasteiger partial charge on any atom is -0.463 e. The maximum absolute atomic E-state index is 9.10. The SMILES string of the molecule is CCCOc1nc(NC)nc(NC(CCO)C(C)C)n1. The molecule has 0 aromatic carbocycles. The minimum atomic E-state index is 0.103. The Kier molecular flexibility index (Phi) is 7.00. The quantitative estimate of drug-likeness (QED) is 0.632. The summed E-state index contributed by atoms with van der Waals surface area (Å²) in [7, 11) is 1.75. The first-order valence-corrected chi connectivity index (χ1v) is 7.04. The lowest BCUT2D eigenvalue weighted by atomic mass is 10.0. The molecule has 114 valence electrons. The van der Waals surface area contributed by atoms with Crippen LogP contribution in [-0.4, -0.2) is 46.4 Å². The average molecular weight is 283 g/mol. The molecule has 0 radical (unpaired) electrons. The summed E-state index contributed by atoms with van der Waals surface area (Å²) in [6.45, 7) is 6.88. The monoisotopic (exact) mass is 283 g/mol. The molecule has 0 aliphatic carbocycles. The molecule has 0 spiro atoms. The molecule has 7 heteroatoms. The molecule has 1 aromatic rings. The zero-order valence-corrected chi connectivity index (χ0v) is 12.7. The van der Waals surface area contributed by atoms with Gasteiger partial charge in [0.15, 0.2) is 0 Å². The van der Waals surface area contributed by atoms with Crippen molar-refractivity contribution >= 4 is 11.9 Å². The van der Waals surface area contributed by atoms with Crippen molar-refractivity contribution < 1.29 is 9.84 Å². The third kappa shape index (κ3) is 5.16. The molecule has 3 N–H and O–H groups in total. The summed E-state index contributed by atoms with van der Waals surface area (Å²) in [6.07, 6.45) is 1.53. The Hall–Kier alpha value is -1.63. The zero-order chi connectivity index (χ0) is 15.0. The van der Waals surface area contributed by atoms with Crippen molar-refractivity contribution in [3.8, 4) is 6.01 Å². The highest BCUT2D eigenvalue weighted by atomic mass is 16.5. The Morgan fingerprint density at radius 2 is 1.90 bits per heavy atom. The van der Waals surface area contributed by atoms with Crippen molar-refractivity contribution in [2.24, 2.45) is 5.92 Å². The topological polar surface area (TPSA) is 92.2 Å². The van der Waals surface area contributed by atoms with Crippen LogP contribution in [0.3, 0.4) is 0 Å².